The van der Waals surface area contributed by atoms with Crippen molar-refractivity contribution in [3.63, 3.8) is 0 Å². The fourth-order valence-electron chi connectivity index (χ4n) is 3.34. The summed E-state index contributed by atoms with van der Waals surface area (Å²) < 4.78 is 36.0. The van der Waals surface area contributed by atoms with Gasteiger partial charge in [0.2, 0.25) is 5.79 Å². The van der Waals surface area contributed by atoms with Gasteiger partial charge in [-0.2, -0.15) is 0 Å². The highest BCUT2D eigenvalue weighted by atomic mass is 16.7. The van der Waals surface area contributed by atoms with E-state index in [0.717, 1.165) is 11.1 Å². The van der Waals surface area contributed by atoms with Gasteiger partial charge in [0, 0.05) is 19.3 Å². The zero-order valence-electron chi connectivity index (χ0n) is 17.9. The van der Waals surface area contributed by atoms with Crippen molar-refractivity contribution in [2.24, 2.45) is 0 Å². The van der Waals surface area contributed by atoms with Gasteiger partial charge in [-0.1, -0.05) is 0 Å². The van der Waals surface area contributed by atoms with Gasteiger partial charge < -0.3 is 28.4 Å². The van der Waals surface area contributed by atoms with E-state index < -0.39 is 5.79 Å². The SMILES string of the molecule is CCOC1=CC(OCC)(OCC)C2=C(OCC)C(OCC)=C(OCC)[CH]C2=C1. The van der Waals surface area contributed by atoms with E-state index in [0.29, 0.717) is 62.7 Å². The van der Waals surface area contributed by atoms with Crippen LogP contribution in [0, 0.1) is 6.42 Å². The Bertz CT molecular complexity index is 650. The van der Waals surface area contributed by atoms with E-state index in [1.807, 2.05) is 60.1 Å². The van der Waals surface area contributed by atoms with Gasteiger partial charge in [0.05, 0.1) is 38.4 Å². The van der Waals surface area contributed by atoms with Gasteiger partial charge in [-0.15, -0.1) is 0 Å². The molecule has 0 aromatic heterocycles. The van der Waals surface area contributed by atoms with E-state index in [1.165, 1.54) is 0 Å². The summed E-state index contributed by atoms with van der Waals surface area (Å²) in [5.41, 5.74) is 1.64. The molecule has 0 fully saturated rings. The van der Waals surface area contributed by atoms with Crippen LogP contribution in [0.15, 0.2) is 46.3 Å². The van der Waals surface area contributed by atoms with Crippen molar-refractivity contribution in [3.8, 4) is 0 Å². The molecule has 0 aromatic carbocycles. The molecule has 0 aromatic rings. The second kappa shape index (κ2) is 10.6. The predicted molar refractivity (Wildman–Crippen MR) is 107 cm³/mol. The minimum Gasteiger partial charge on any atom is -0.494 e. The summed E-state index contributed by atoms with van der Waals surface area (Å²) in [6.45, 7) is 14.6. The standard InChI is InChI=1S/C22H33O6/c1-7-23-17-13-16-14-18(24-8-2)20(25-9-3)21(26-10-4)19(16)22(15-17,27-11-5)28-12-6/h13-15H,7-12H2,1-6H3. The van der Waals surface area contributed by atoms with Gasteiger partial charge >= 0.3 is 0 Å². The molecule has 0 saturated heterocycles. The Hall–Kier alpha value is -1.92. The molecule has 0 N–H and O–H groups in total. The highest BCUT2D eigenvalue weighted by Gasteiger charge is 2.46. The second-order valence-corrected chi connectivity index (χ2v) is 5.95. The van der Waals surface area contributed by atoms with Crippen molar-refractivity contribution >= 4 is 0 Å². The number of hydrogen-bond donors (Lipinski definition) is 0. The van der Waals surface area contributed by atoms with Crippen LogP contribution in [-0.2, 0) is 28.4 Å². The average molecular weight is 394 g/mol. The lowest BCUT2D eigenvalue weighted by atomic mass is 9.84. The summed E-state index contributed by atoms with van der Waals surface area (Å²) in [4.78, 5) is 0. The van der Waals surface area contributed by atoms with Gasteiger partial charge in [-0.05, 0) is 53.2 Å². The Morgan fingerprint density at radius 3 is 1.79 bits per heavy atom. The zero-order valence-corrected chi connectivity index (χ0v) is 17.9. The largest absolute Gasteiger partial charge is 0.494 e. The topological polar surface area (TPSA) is 55.4 Å². The maximum absolute atomic E-state index is 6.16. The van der Waals surface area contributed by atoms with E-state index in [-0.39, 0.29) is 0 Å². The first-order valence-electron chi connectivity index (χ1n) is 10.2. The van der Waals surface area contributed by atoms with E-state index in [9.17, 15) is 0 Å². The van der Waals surface area contributed by atoms with Crippen LogP contribution in [0.2, 0.25) is 0 Å². The third kappa shape index (κ3) is 4.55. The molecule has 2 aliphatic carbocycles. The van der Waals surface area contributed by atoms with Crippen LogP contribution in [0.4, 0.5) is 0 Å². The zero-order chi connectivity index (χ0) is 20.6. The Kier molecular flexibility index (Phi) is 8.45. The molecular weight excluding hydrogens is 360 g/mol. The predicted octanol–water partition coefficient (Wildman–Crippen LogP) is 4.41. The van der Waals surface area contributed by atoms with Crippen LogP contribution in [-0.4, -0.2) is 45.4 Å². The summed E-state index contributed by atoms with van der Waals surface area (Å²) in [5, 5.41) is 0. The van der Waals surface area contributed by atoms with Gasteiger partial charge in [0.1, 0.15) is 5.76 Å². The van der Waals surface area contributed by atoms with Crippen LogP contribution in [0.5, 0.6) is 0 Å². The van der Waals surface area contributed by atoms with Crippen LogP contribution in [0.25, 0.3) is 0 Å². The summed E-state index contributed by atoms with van der Waals surface area (Å²) in [5.74, 6) is 1.33. The molecule has 0 saturated carbocycles. The molecule has 0 heterocycles. The molecule has 0 amide bonds. The first kappa shape index (κ1) is 22.4. The number of allylic oxidation sites excluding steroid dienone is 2. The Morgan fingerprint density at radius 1 is 0.679 bits per heavy atom. The smallest absolute Gasteiger partial charge is 0.223 e. The fourth-order valence-corrected chi connectivity index (χ4v) is 3.34. The lowest BCUT2D eigenvalue weighted by Crippen LogP contribution is -2.42. The van der Waals surface area contributed by atoms with Crippen molar-refractivity contribution in [3.05, 3.63) is 52.8 Å². The number of hydrogen-bond acceptors (Lipinski definition) is 6. The van der Waals surface area contributed by atoms with Crippen molar-refractivity contribution in [1.29, 1.82) is 0 Å². The monoisotopic (exact) mass is 393 g/mol. The summed E-state index contributed by atoms with van der Waals surface area (Å²) in [6, 6.07) is 0. The molecule has 0 bridgehead atoms. The van der Waals surface area contributed by atoms with Crippen LogP contribution in [0.3, 0.4) is 0 Å². The third-order valence-electron chi connectivity index (χ3n) is 4.12. The molecule has 157 valence electrons. The number of rotatable bonds is 12. The number of fused-ring (bicyclic) bond motifs is 1. The molecule has 2 rings (SSSR count). The molecule has 0 aliphatic heterocycles. The maximum Gasteiger partial charge on any atom is 0.223 e. The molecule has 6 heteroatoms. The highest BCUT2D eigenvalue weighted by Crippen LogP contribution is 2.46. The Morgan fingerprint density at radius 2 is 1.25 bits per heavy atom. The molecule has 0 unspecified atom stereocenters. The van der Waals surface area contributed by atoms with Crippen LogP contribution >= 0.6 is 0 Å². The maximum atomic E-state index is 6.16. The molecule has 0 spiro atoms. The molecule has 6 nitrogen and oxygen atoms in total. The minimum absolute atomic E-state index is 0.456. The van der Waals surface area contributed by atoms with Crippen LogP contribution in [0.1, 0.15) is 41.5 Å². The van der Waals surface area contributed by atoms with Crippen molar-refractivity contribution in [2.45, 2.75) is 47.3 Å². The highest BCUT2D eigenvalue weighted by molar-refractivity contribution is 5.62. The van der Waals surface area contributed by atoms with E-state index in [4.69, 9.17) is 28.4 Å². The lowest BCUT2D eigenvalue weighted by Gasteiger charge is -2.40. The van der Waals surface area contributed by atoms with E-state index in [2.05, 4.69) is 0 Å². The second-order valence-electron chi connectivity index (χ2n) is 5.95. The molecule has 0 atom stereocenters. The lowest BCUT2D eigenvalue weighted by molar-refractivity contribution is -0.176. The summed E-state index contributed by atoms with van der Waals surface area (Å²) in [7, 11) is 0. The van der Waals surface area contributed by atoms with Gasteiger partial charge in [0.25, 0.3) is 0 Å². The van der Waals surface area contributed by atoms with Gasteiger partial charge in [0.15, 0.2) is 17.3 Å². The van der Waals surface area contributed by atoms with Gasteiger partial charge in [-0.25, -0.2) is 0 Å². The minimum atomic E-state index is -1.13. The normalized spacial score (nSPS) is 18.4. The third-order valence-corrected chi connectivity index (χ3v) is 4.12. The Balaban J connectivity index is 2.74. The first-order chi connectivity index (χ1) is 13.6. The van der Waals surface area contributed by atoms with Crippen molar-refractivity contribution in [2.75, 3.05) is 39.6 Å². The molecule has 2 aliphatic rings. The summed E-state index contributed by atoms with van der Waals surface area (Å²) >= 11 is 0. The quantitative estimate of drug-likeness (QED) is 0.458. The number of ether oxygens (including phenoxy) is 6. The fraction of sp³-hybridized carbons (Fsp3) is 0.591. The van der Waals surface area contributed by atoms with Gasteiger partial charge in [-0.3, -0.25) is 0 Å². The molecular formula is C22H33O6. The molecule has 28 heavy (non-hydrogen) atoms. The van der Waals surface area contributed by atoms with E-state index >= 15 is 0 Å². The van der Waals surface area contributed by atoms with Crippen molar-refractivity contribution in [1.82, 2.24) is 0 Å². The summed E-state index contributed by atoms with van der Waals surface area (Å²) in [6.07, 6.45) is 5.76. The van der Waals surface area contributed by atoms with E-state index in [1.54, 1.807) is 0 Å². The molecule has 1 radical (unpaired) electrons. The average Bonchev–Trinajstić information content (AvgIpc) is 2.65. The Labute approximate surface area is 168 Å². The first-order valence-corrected chi connectivity index (χ1v) is 10.2. The van der Waals surface area contributed by atoms with Crippen LogP contribution < -0.4 is 0 Å². The van der Waals surface area contributed by atoms with Crippen molar-refractivity contribution < 1.29 is 28.4 Å².